The Morgan fingerprint density at radius 2 is 1.65 bits per heavy atom. The Labute approximate surface area is 204 Å². The van der Waals surface area contributed by atoms with Crippen molar-refractivity contribution in [3.8, 4) is 0 Å². The van der Waals surface area contributed by atoms with E-state index in [0.29, 0.717) is 5.69 Å². The SMILES string of the molecule is Cc1cc(C)c(NC(=O)Nc2cc(Cl)cnc2C(=O)OC(=O)[C@@H](N)[C@@H](C)OC(C)(C)C)c(C)c1. The number of urea groups is 1. The Morgan fingerprint density at radius 1 is 1.06 bits per heavy atom. The van der Waals surface area contributed by atoms with Crippen LogP contribution in [-0.2, 0) is 14.3 Å². The maximum atomic E-state index is 12.7. The van der Waals surface area contributed by atoms with E-state index in [-0.39, 0.29) is 16.4 Å². The molecular weight excluding hydrogens is 460 g/mol. The molecule has 2 aromatic rings. The van der Waals surface area contributed by atoms with Crippen molar-refractivity contribution in [2.24, 2.45) is 5.73 Å². The molecule has 0 fully saturated rings. The van der Waals surface area contributed by atoms with Crippen LogP contribution in [0.15, 0.2) is 24.4 Å². The number of carbonyl (C=O) groups is 3. The Morgan fingerprint density at radius 3 is 2.21 bits per heavy atom. The molecular formula is C24H31ClN4O5. The first-order chi connectivity index (χ1) is 15.7. The molecule has 9 nitrogen and oxygen atoms in total. The maximum absolute atomic E-state index is 12.7. The number of nitrogens with zero attached hydrogens (tertiary/aromatic N) is 1. The third kappa shape index (κ3) is 7.51. The molecule has 184 valence electrons. The fourth-order valence-electron chi connectivity index (χ4n) is 3.37. The summed E-state index contributed by atoms with van der Waals surface area (Å²) in [5, 5.41) is 5.47. The van der Waals surface area contributed by atoms with E-state index in [1.165, 1.54) is 12.3 Å². The maximum Gasteiger partial charge on any atom is 0.366 e. The van der Waals surface area contributed by atoms with Crippen LogP contribution in [0, 0.1) is 20.8 Å². The van der Waals surface area contributed by atoms with E-state index in [1.807, 2.05) is 53.7 Å². The molecule has 2 rings (SSSR count). The highest BCUT2D eigenvalue weighted by atomic mass is 35.5. The average Bonchev–Trinajstić information content (AvgIpc) is 2.68. The van der Waals surface area contributed by atoms with Gasteiger partial charge in [0.05, 0.1) is 22.4 Å². The van der Waals surface area contributed by atoms with Gasteiger partial charge in [0.2, 0.25) is 0 Å². The van der Waals surface area contributed by atoms with E-state index >= 15 is 0 Å². The lowest BCUT2D eigenvalue weighted by atomic mass is 10.1. The minimum absolute atomic E-state index is 0.0298. The van der Waals surface area contributed by atoms with E-state index in [0.717, 1.165) is 16.7 Å². The largest absolute Gasteiger partial charge is 0.387 e. The fraction of sp³-hybridized carbons (Fsp3) is 0.417. The third-order valence-corrected chi connectivity index (χ3v) is 4.93. The van der Waals surface area contributed by atoms with E-state index in [4.69, 9.17) is 26.8 Å². The zero-order chi connectivity index (χ0) is 25.8. The second-order valence-corrected chi connectivity index (χ2v) is 9.51. The first-order valence-electron chi connectivity index (χ1n) is 10.7. The zero-order valence-corrected chi connectivity index (χ0v) is 21.2. The molecule has 34 heavy (non-hydrogen) atoms. The van der Waals surface area contributed by atoms with E-state index in [9.17, 15) is 14.4 Å². The molecule has 0 saturated carbocycles. The van der Waals surface area contributed by atoms with Crippen molar-refractivity contribution >= 4 is 40.9 Å². The molecule has 0 spiro atoms. The van der Waals surface area contributed by atoms with Crippen LogP contribution < -0.4 is 16.4 Å². The van der Waals surface area contributed by atoms with Crippen molar-refractivity contribution in [2.75, 3.05) is 10.6 Å². The van der Waals surface area contributed by atoms with Crippen LogP contribution in [0.2, 0.25) is 5.02 Å². The lowest BCUT2D eigenvalue weighted by Crippen LogP contribution is -2.46. The molecule has 0 aliphatic carbocycles. The summed E-state index contributed by atoms with van der Waals surface area (Å²) in [6, 6.07) is 3.37. The summed E-state index contributed by atoms with van der Waals surface area (Å²) in [4.78, 5) is 41.7. The van der Waals surface area contributed by atoms with Gasteiger partial charge in [-0.15, -0.1) is 0 Å². The van der Waals surface area contributed by atoms with Gasteiger partial charge in [0.15, 0.2) is 5.69 Å². The van der Waals surface area contributed by atoms with Crippen LogP contribution in [0.1, 0.15) is 54.9 Å². The molecule has 0 saturated heterocycles. The standard InChI is InChI=1S/C24H31ClN4O5/c1-12-8-13(2)19(14(3)9-12)29-23(32)28-17-10-16(25)11-27-20(17)22(31)33-21(30)18(26)15(4)34-24(5,6)7/h8-11,15,18H,26H2,1-7H3,(H2,28,29,32)/t15-,18+/m1/s1. The van der Waals surface area contributed by atoms with Crippen molar-refractivity contribution in [1.82, 2.24) is 4.98 Å². The van der Waals surface area contributed by atoms with Gasteiger partial charge >= 0.3 is 18.0 Å². The predicted octanol–water partition coefficient (Wildman–Crippen LogP) is 4.52. The minimum Gasteiger partial charge on any atom is -0.387 e. The van der Waals surface area contributed by atoms with Crippen LogP contribution in [0.25, 0.3) is 0 Å². The number of ether oxygens (including phenoxy) is 2. The zero-order valence-electron chi connectivity index (χ0n) is 20.4. The highest BCUT2D eigenvalue weighted by Gasteiger charge is 2.30. The summed E-state index contributed by atoms with van der Waals surface area (Å²) in [6.45, 7) is 12.8. The smallest absolute Gasteiger partial charge is 0.366 e. The minimum atomic E-state index is -1.21. The van der Waals surface area contributed by atoms with Crippen LogP contribution in [0.5, 0.6) is 0 Å². The Balaban J connectivity index is 2.17. The Hall–Kier alpha value is -3.01. The first-order valence-corrected chi connectivity index (χ1v) is 11.1. The number of amides is 2. The van der Waals surface area contributed by atoms with Crippen molar-refractivity contribution < 1.29 is 23.9 Å². The van der Waals surface area contributed by atoms with Gasteiger partial charge < -0.3 is 25.8 Å². The summed E-state index contributed by atoms with van der Waals surface area (Å²) in [5.41, 5.74) is 8.47. The second kappa shape index (κ2) is 10.9. The molecule has 0 aliphatic heterocycles. The van der Waals surface area contributed by atoms with Crippen molar-refractivity contribution in [3.05, 3.63) is 51.8 Å². The topological polar surface area (TPSA) is 133 Å². The first kappa shape index (κ1) is 27.2. The monoisotopic (exact) mass is 490 g/mol. The van der Waals surface area contributed by atoms with Crippen LogP contribution in [0.3, 0.4) is 0 Å². The Bertz CT molecular complexity index is 1070. The summed E-state index contributed by atoms with van der Waals surface area (Å²) in [6.07, 6.45) is 0.494. The molecule has 4 N–H and O–H groups in total. The van der Waals surface area contributed by atoms with Gasteiger partial charge in [-0.1, -0.05) is 29.3 Å². The molecule has 1 aromatic heterocycles. The number of benzene rings is 1. The molecule has 2 atom stereocenters. The van der Waals surface area contributed by atoms with Crippen molar-refractivity contribution in [3.63, 3.8) is 0 Å². The van der Waals surface area contributed by atoms with Gasteiger partial charge in [-0.2, -0.15) is 0 Å². The fourth-order valence-corrected chi connectivity index (χ4v) is 3.53. The number of carbonyl (C=O) groups excluding carboxylic acids is 3. The number of hydrogen-bond acceptors (Lipinski definition) is 7. The van der Waals surface area contributed by atoms with Gasteiger partial charge in [-0.05, 0) is 65.7 Å². The number of nitrogens with two attached hydrogens (primary N) is 1. The Kier molecular flexibility index (Phi) is 8.77. The number of hydrogen-bond donors (Lipinski definition) is 3. The van der Waals surface area contributed by atoms with Crippen LogP contribution >= 0.6 is 11.6 Å². The van der Waals surface area contributed by atoms with E-state index in [2.05, 4.69) is 15.6 Å². The molecule has 0 radical (unpaired) electrons. The number of rotatable bonds is 6. The van der Waals surface area contributed by atoms with Gasteiger partial charge in [0.25, 0.3) is 0 Å². The molecule has 0 aliphatic rings. The second-order valence-electron chi connectivity index (χ2n) is 9.07. The van der Waals surface area contributed by atoms with Gasteiger partial charge in [-0.25, -0.2) is 19.4 Å². The number of halogens is 1. The molecule has 0 bridgehead atoms. The molecule has 1 aromatic carbocycles. The summed E-state index contributed by atoms with van der Waals surface area (Å²) in [7, 11) is 0. The molecule has 0 unspecified atom stereocenters. The number of aryl methyl sites for hydroxylation is 3. The molecule has 2 amide bonds. The third-order valence-electron chi connectivity index (χ3n) is 4.72. The number of nitrogens with one attached hydrogen (secondary N) is 2. The molecule has 10 heteroatoms. The van der Waals surface area contributed by atoms with Crippen LogP contribution in [0.4, 0.5) is 16.2 Å². The number of esters is 2. The van der Waals surface area contributed by atoms with E-state index < -0.39 is 35.7 Å². The van der Waals surface area contributed by atoms with Gasteiger partial charge in [0.1, 0.15) is 6.04 Å². The van der Waals surface area contributed by atoms with Crippen molar-refractivity contribution in [2.45, 2.75) is 66.2 Å². The van der Waals surface area contributed by atoms with E-state index in [1.54, 1.807) is 6.92 Å². The summed E-state index contributed by atoms with van der Waals surface area (Å²) >= 11 is 6.00. The van der Waals surface area contributed by atoms with Crippen molar-refractivity contribution in [1.29, 1.82) is 0 Å². The predicted molar refractivity (Wildman–Crippen MR) is 131 cm³/mol. The number of anilines is 2. The highest BCUT2D eigenvalue weighted by molar-refractivity contribution is 6.31. The molecule has 1 heterocycles. The summed E-state index contributed by atoms with van der Waals surface area (Å²) in [5.74, 6) is -2.07. The highest BCUT2D eigenvalue weighted by Crippen LogP contribution is 2.24. The summed E-state index contributed by atoms with van der Waals surface area (Å²) < 4.78 is 10.6. The quantitative estimate of drug-likeness (QED) is 0.400. The lowest BCUT2D eigenvalue weighted by molar-refractivity contribution is -0.146. The van der Waals surface area contributed by atoms with Crippen LogP contribution in [-0.4, -0.2) is 40.7 Å². The van der Waals surface area contributed by atoms with Gasteiger partial charge in [0, 0.05) is 11.9 Å². The normalized spacial score (nSPS) is 13.1. The van der Waals surface area contributed by atoms with Gasteiger partial charge in [-0.3, -0.25) is 0 Å². The number of pyridine rings is 1. The average molecular weight is 491 g/mol. The lowest BCUT2D eigenvalue weighted by Gasteiger charge is -2.27. The number of aromatic nitrogens is 1.